The zero-order valence-electron chi connectivity index (χ0n) is 23.6. The van der Waals surface area contributed by atoms with E-state index in [2.05, 4.69) is 26.1 Å². The molecule has 0 aliphatic heterocycles. The highest BCUT2D eigenvalue weighted by molar-refractivity contribution is 5.98. The molecule has 0 spiro atoms. The average molecular weight is 604 g/mol. The lowest BCUT2D eigenvalue weighted by atomic mass is 9.52. The first kappa shape index (κ1) is 28.8. The largest absolute Gasteiger partial charge is 0.481 e. The number of aliphatic carboxylic acids is 1. The number of anilines is 3. The fourth-order valence-electron chi connectivity index (χ4n) is 6.46. The van der Waals surface area contributed by atoms with Crippen LogP contribution in [-0.4, -0.2) is 43.5 Å². The minimum absolute atomic E-state index is 0.0108. The van der Waals surface area contributed by atoms with Crippen LogP contribution in [0.2, 0.25) is 0 Å². The quantitative estimate of drug-likeness (QED) is 0.169. The van der Waals surface area contributed by atoms with Crippen LogP contribution < -0.4 is 38.3 Å². The smallest absolute Gasteiger partial charge is 0.448 e. The maximum atomic E-state index is 13.5. The maximum Gasteiger partial charge on any atom is 0.448 e. The first-order chi connectivity index (χ1) is 20.9. The van der Waals surface area contributed by atoms with Gasteiger partial charge in [-0.25, -0.2) is 14.2 Å². The van der Waals surface area contributed by atoms with Gasteiger partial charge in [0.15, 0.2) is 0 Å². The van der Waals surface area contributed by atoms with E-state index in [1.54, 1.807) is 24.3 Å². The predicted octanol–water partition coefficient (Wildman–Crippen LogP) is 1.08. The van der Waals surface area contributed by atoms with Gasteiger partial charge in [-0.05, 0) is 79.8 Å². The summed E-state index contributed by atoms with van der Waals surface area (Å²) in [6.07, 6.45) is 3.59. The molecule has 3 fully saturated rings. The van der Waals surface area contributed by atoms with Crippen molar-refractivity contribution in [3.05, 3.63) is 78.3 Å². The van der Waals surface area contributed by atoms with Crippen molar-refractivity contribution in [3.8, 4) is 0 Å². The number of carboxylic acid groups (broad SMARTS) is 1. The summed E-state index contributed by atoms with van der Waals surface area (Å²) in [6.45, 7) is 1.90. The molecule has 15 nitrogen and oxygen atoms in total. The van der Waals surface area contributed by atoms with Gasteiger partial charge in [0.1, 0.15) is 22.8 Å². The van der Waals surface area contributed by atoms with Crippen LogP contribution in [0.5, 0.6) is 0 Å². The van der Waals surface area contributed by atoms with Crippen LogP contribution in [0.15, 0.2) is 49.2 Å². The Balaban J connectivity index is 1.17. The van der Waals surface area contributed by atoms with Gasteiger partial charge in [0.25, 0.3) is 28.4 Å². The van der Waals surface area contributed by atoms with Crippen LogP contribution in [0.3, 0.4) is 0 Å². The molecule has 44 heavy (non-hydrogen) atoms. The number of nitrogen functional groups attached to an aromatic ring is 1. The Morgan fingerprint density at radius 2 is 1.75 bits per heavy atom. The lowest BCUT2D eigenvalue weighted by molar-refractivity contribution is -0.159. The summed E-state index contributed by atoms with van der Waals surface area (Å²) in [7, 11) is 0. The lowest BCUT2D eigenvalue weighted by Crippen LogP contribution is -2.54. The van der Waals surface area contributed by atoms with E-state index in [-0.39, 0.29) is 46.5 Å². The number of carbonyl (C=O) groups is 3. The number of rotatable bonds is 9. The summed E-state index contributed by atoms with van der Waals surface area (Å²) in [5.41, 5.74) is 3.78. The van der Waals surface area contributed by atoms with Gasteiger partial charge in [-0.1, -0.05) is 12.1 Å². The standard InChI is InChI=1S/C29H29N7O8/c1-14(28-5-8-29(9-6-28,10-7-28)25(41)42)32-24(40)18-12-17(34-26-35-44-27(43)36(18)26)23(39)31-13-15-3-2-4-16(11-15)33-20-19(30)21(37)22(20)38/h2-4,11-12,14,33H,5-10,13,30H2,1H3,(H,31,39)(H,32,40)(H,41,42). The second-order valence-corrected chi connectivity index (χ2v) is 11.7. The van der Waals surface area contributed by atoms with Crippen molar-refractivity contribution in [2.24, 2.45) is 10.8 Å². The zero-order valence-corrected chi connectivity index (χ0v) is 23.6. The molecule has 1 unspecified atom stereocenters. The first-order valence-electron chi connectivity index (χ1n) is 14.1. The molecule has 228 valence electrons. The minimum atomic E-state index is -0.941. The van der Waals surface area contributed by atoms with Crippen LogP contribution in [-0.2, 0) is 11.3 Å². The van der Waals surface area contributed by atoms with E-state index in [1.165, 1.54) is 6.07 Å². The van der Waals surface area contributed by atoms with Crippen molar-refractivity contribution in [1.29, 1.82) is 0 Å². The molecule has 3 aliphatic rings. The molecule has 1 atom stereocenters. The summed E-state index contributed by atoms with van der Waals surface area (Å²) in [6, 6.07) is 7.57. The molecule has 3 aliphatic carbocycles. The number of hydrogen-bond donors (Lipinski definition) is 5. The van der Waals surface area contributed by atoms with Gasteiger partial charge < -0.3 is 26.8 Å². The predicted molar refractivity (Wildman–Crippen MR) is 155 cm³/mol. The summed E-state index contributed by atoms with van der Waals surface area (Å²) in [4.78, 5) is 78.1. The SMILES string of the molecule is CC(NC(=O)c1cc(C(=O)NCc2cccc(Nc3c(N)c(=O)c3=O)c2)nc2noc(=O)n12)C12CCC(C(=O)O)(CC1)CC2. The van der Waals surface area contributed by atoms with Crippen LogP contribution in [0, 0.1) is 10.8 Å². The number of hydrogen-bond acceptors (Lipinski definition) is 11. The van der Waals surface area contributed by atoms with Gasteiger partial charge in [0, 0.05) is 18.3 Å². The summed E-state index contributed by atoms with van der Waals surface area (Å²) in [5, 5.41) is 21.8. The third-order valence-corrected chi connectivity index (χ3v) is 9.41. The maximum absolute atomic E-state index is 13.5. The number of amides is 2. The Hall–Kier alpha value is -5.34. The second-order valence-electron chi connectivity index (χ2n) is 11.7. The Kier molecular flexibility index (Phi) is 6.82. The monoisotopic (exact) mass is 603 g/mol. The van der Waals surface area contributed by atoms with Crippen LogP contribution in [0.25, 0.3) is 5.78 Å². The summed E-state index contributed by atoms with van der Waals surface area (Å²) >= 11 is 0. The molecule has 2 bridgehead atoms. The lowest BCUT2D eigenvalue weighted by Gasteiger charge is -2.54. The topological polar surface area (TPSA) is 228 Å². The number of aromatic nitrogens is 3. The van der Waals surface area contributed by atoms with E-state index in [0.29, 0.717) is 49.8 Å². The Morgan fingerprint density at radius 1 is 1.05 bits per heavy atom. The Bertz CT molecular complexity index is 1940. The molecule has 0 radical (unpaired) electrons. The van der Waals surface area contributed by atoms with Gasteiger partial charge in [-0.15, -0.1) is 0 Å². The van der Waals surface area contributed by atoms with E-state index >= 15 is 0 Å². The minimum Gasteiger partial charge on any atom is -0.481 e. The molecule has 2 aromatic heterocycles. The van der Waals surface area contributed by atoms with Crippen LogP contribution >= 0.6 is 0 Å². The second kappa shape index (κ2) is 10.4. The molecule has 2 amide bonds. The van der Waals surface area contributed by atoms with Crippen molar-refractivity contribution in [3.63, 3.8) is 0 Å². The third-order valence-electron chi connectivity index (χ3n) is 9.41. The number of carboxylic acids is 1. The molecule has 0 saturated heterocycles. The van der Waals surface area contributed by atoms with Gasteiger partial charge >= 0.3 is 11.7 Å². The number of benzene rings is 1. The molecule has 15 heteroatoms. The first-order valence-corrected chi connectivity index (χ1v) is 14.1. The van der Waals surface area contributed by atoms with Gasteiger partial charge in [0.2, 0.25) is 0 Å². The van der Waals surface area contributed by atoms with E-state index in [4.69, 9.17) is 10.3 Å². The van der Waals surface area contributed by atoms with Crippen molar-refractivity contribution in [2.45, 2.75) is 58.0 Å². The highest BCUT2D eigenvalue weighted by atomic mass is 16.5. The van der Waals surface area contributed by atoms with Crippen molar-refractivity contribution in [1.82, 2.24) is 25.2 Å². The number of nitrogens with zero attached hydrogens (tertiary/aromatic N) is 3. The molecule has 2 heterocycles. The fraction of sp³-hybridized carbons (Fsp3) is 0.379. The van der Waals surface area contributed by atoms with Crippen molar-refractivity contribution >= 4 is 40.6 Å². The van der Waals surface area contributed by atoms with Crippen molar-refractivity contribution < 1.29 is 24.0 Å². The molecule has 4 aromatic rings. The summed E-state index contributed by atoms with van der Waals surface area (Å²) in [5.74, 6) is -3.26. The molecule has 6 N–H and O–H groups in total. The Labute approximate surface area is 248 Å². The van der Waals surface area contributed by atoms with E-state index in [1.807, 2.05) is 6.92 Å². The molecular weight excluding hydrogens is 574 g/mol. The van der Waals surface area contributed by atoms with Gasteiger partial charge in [-0.2, -0.15) is 0 Å². The number of nitrogens with one attached hydrogen (secondary N) is 3. The molecule has 7 rings (SSSR count). The van der Waals surface area contributed by atoms with Gasteiger partial charge in [-0.3, -0.25) is 28.5 Å². The Morgan fingerprint density at radius 3 is 2.41 bits per heavy atom. The van der Waals surface area contributed by atoms with E-state index < -0.39 is 39.8 Å². The van der Waals surface area contributed by atoms with Crippen molar-refractivity contribution in [2.75, 3.05) is 11.1 Å². The number of nitrogens with two attached hydrogens (primary N) is 1. The fourth-order valence-corrected chi connectivity index (χ4v) is 6.46. The van der Waals surface area contributed by atoms with E-state index in [0.717, 1.165) is 4.40 Å². The molecular formula is C29H29N7O8. The van der Waals surface area contributed by atoms with E-state index in [9.17, 15) is 33.9 Å². The summed E-state index contributed by atoms with van der Waals surface area (Å²) < 4.78 is 5.60. The van der Waals surface area contributed by atoms with Gasteiger partial charge in [0.05, 0.1) is 5.41 Å². The van der Waals surface area contributed by atoms with Crippen LogP contribution in [0.4, 0.5) is 17.1 Å². The average Bonchev–Trinajstić information content (AvgIpc) is 3.42. The molecule has 2 aromatic carbocycles. The number of carbonyl (C=O) groups excluding carboxylic acids is 2. The highest BCUT2D eigenvalue weighted by Gasteiger charge is 2.54. The van der Waals surface area contributed by atoms with Crippen LogP contribution in [0.1, 0.15) is 72.0 Å². The highest BCUT2D eigenvalue weighted by Crippen LogP contribution is 2.58. The third kappa shape index (κ3) is 4.69. The number of fused-ring (bicyclic) bond motifs is 4. The normalized spacial score (nSPS) is 21.7. The molecule has 3 saturated carbocycles. The zero-order chi connectivity index (χ0) is 31.4.